The van der Waals surface area contributed by atoms with Crippen LogP contribution in [0.1, 0.15) is 12.0 Å². The van der Waals surface area contributed by atoms with Crippen molar-refractivity contribution in [3.63, 3.8) is 0 Å². The van der Waals surface area contributed by atoms with Crippen molar-refractivity contribution in [3.05, 3.63) is 48.0 Å². The van der Waals surface area contributed by atoms with Gasteiger partial charge in [-0.05, 0) is 48.4 Å². The van der Waals surface area contributed by atoms with Crippen molar-refractivity contribution in [1.82, 2.24) is 0 Å². The molecule has 0 fully saturated rings. The highest BCUT2D eigenvalue weighted by Crippen LogP contribution is 2.30. The molecule has 5 nitrogen and oxygen atoms in total. The number of hydrogen-bond donors (Lipinski definition) is 1. The number of hydrogen-bond acceptors (Lipinski definition) is 4. The SMILES string of the molecule is COc1cc(CCC(=O)Nc2ccc(OC(F)(F)F)cc2)ccc1OCC(F)(F)F. The minimum absolute atomic E-state index is 0.0205. The fraction of sp³-hybridized carbons (Fsp3) is 0.316. The maximum absolute atomic E-state index is 12.3. The highest BCUT2D eigenvalue weighted by atomic mass is 19.4. The first-order chi connectivity index (χ1) is 13.9. The van der Waals surface area contributed by atoms with Crippen LogP contribution < -0.4 is 19.5 Å². The quantitative estimate of drug-likeness (QED) is 0.584. The van der Waals surface area contributed by atoms with Crippen molar-refractivity contribution in [2.45, 2.75) is 25.4 Å². The lowest BCUT2D eigenvalue weighted by molar-refractivity contribution is -0.274. The lowest BCUT2D eigenvalue weighted by Gasteiger charge is -2.13. The normalized spacial score (nSPS) is 11.7. The second kappa shape index (κ2) is 9.59. The Balaban J connectivity index is 1.89. The fourth-order valence-electron chi connectivity index (χ4n) is 2.37. The van der Waals surface area contributed by atoms with Gasteiger partial charge in [-0.1, -0.05) is 6.07 Å². The number of rotatable bonds is 8. The number of carbonyl (C=O) groups is 1. The van der Waals surface area contributed by atoms with Gasteiger partial charge in [0.15, 0.2) is 18.1 Å². The first-order valence-corrected chi connectivity index (χ1v) is 8.47. The summed E-state index contributed by atoms with van der Waals surface area (Å²) in [5, 5.41) is 2.52. The summed E-state index contributed by atoms with van der Waals surface area (Å²) in [6.45, 7) is -1.46. The van der Waals surface area contributed by atoms with Gasteiger partial charge in [0.05, 0.1) is 7.11 Å². The van der Waals surface area contributed by atoms with E-state index in [-0.39, 0.29) is 30.0 Å². The van der Waals surface area contributed by atoms with Gasteiger partial charge >= 0.3 is 12.5 Å². The zero-order chi connectivity index (χ0) is 22.4. The number of anilines is 1. The zero-order valence-corrected chi connectivity index (χ0v) is 15.6. The van der Waals surface area contributed by atoms with Gasteiger partial charge in [-0.3, -0.25) is 4.79 Å². The Morgan fingerprint density at radius 1 is 0.967 bits per heavy atom. The van der Waals surface area contributed by atoms with Crippen molar-refractivity contribution in [2.24, 2.45) is 0 Å². The zero-order valence-electron chi connectivity index (χ0n) is 15.6. The standard InChI is InChI=1S/C19H17F6NO4/c1-28-16-10-12(2-8-15(16)29-11-18(20,21)22)3-9-17(27)26-13-4-6-14(7-5-13)30-19(23,24)25/h2,4-8,10H,3,9,11H2,1H3,(H,26,27). The maximum atomic E-state index is 12.3. The Hall–Kier alpha value is -3.11. The molecule has 0 aliphatic carbocycles. The minimum Gasteiger partial charge on any atom is -0.493 e. The average molecular weight is 437 g/mol. The van der Waals surface area contributed by atoms with Crippen LogP contribution in [0.25, 0.3) is 0 Å². The van der Waals surface area contributed by atoms with Gasteiger partial charge in [-0.2, -0.15) is 13.2 Å². The summed E-state index contributed by atoms with van der Waals surface area (Å²) in [5.41, 5.74) is 0.901. The van der Waals surface area contributed by atoms with Gasteiger partial charge in [0.1, 0.15) is 5.75 Å². The smallest absolute Gasteiger partial charge is 0.493 e. The van der Waals surface area contributed by atoms with E-state index in [1.54, 1.807) is 0 Å². The van der Waals surface area contributed by atoms with Crippen molar-refractivity contribution >= 4 is 11.6 Å². The summed E-state index contributed by atoms with van der Waals surface area (Å²) in [6, 6.07) is 8.93. The molecule has 0 saturated carbocycles. The van der Waals surface area contributed by atoms with E-state index in [0.717, 1.165) is 12.1 Å². The molecule has 1 N–H and O–H groups in total. The van der Waals surface area contributed by atoms with Crippen molar-refractivity contribution in [2.75, 3.05) is 19.0 Å². The molecule has 1 amide bonds. The minimum atomic E-state index is -4.81. The predicted molar refractivity (Wildman–Crippen MR) is 94.6 cm³/mol. The van der Waals surface area contributed by atoms with Crippen LogP contribution in [0, 0.1) is 0 Å². The van der Waals surface area contributed by atoms with Gasteiger partial charge < -0.3 is 19.5 Å². The molecule has 30 heavy (non-hydrogen) atoms. The molecule has 0 heterocycles. The Kier molecular flexibility index (Phi) is 7.41. The lowest BCUT2D eigenvalue weighted by atomic mass is 10.1. The molecule has 2 rings (SSSR count). The number of methoxy groups -OCH3 is 1. The molecule has 0 aliphatic heterocycles. The van der Waals surface area contributed by atoms with Crippen molar-refractivity contribution in [1.29, 1.82) is 0 Å². The van der Waals surface area contributed by atoms with E-state index in [4.69, 9.17) is 4.74 Å². The summed E-state index contributed by atoms with van der Waals surface area (Å²) in [6.07, 6.45) is -9.03. The summed E-state index contributed by atoms with van der Waals surface area (Å²) in [4.78, 5) is 12.0. The van der Waals surface area contributed by atoms with Crippen LogP contribution in [-0.4, -0.2) is 32.2 Å². The Labute approximate surface area is 167 Å². The maximum Gasteiger partial charge on any atom is 0.573 e. The van der Waals surface area contributed by atoms with Gasteiger partial charge in [0, 0.05) is 12.1 Å². The van der Waals surface area contributed by atoms with E-state index in [1.807, 2.05) is 0 Å². The number of amides is 1. The van der Waals surface area contributed by atoms with Crippen molar-refractivity contribution < 1.29 is 45.3 Å². The molecular formula is C19H17F6NO4. The molecule has 11 heteroatoms. The summed E-state index contributed by atoms with van der Waals surface area (Å²) >= 11 is 0. The van der Waals surface area contributed by atoms with Crippen LogP contribution in [-0.2, 0) is 11.2 Å². The van der Waals surface area contributed by atoms with Gasteiger partial charge in [-0.25, -0.2) is 0 Å². The molecule has 0 aliphatic rings. The monoisotopic (exact) mass is 437 g/mol. The third kappa shape index (κ3) is 8.10. The Bertz CT molecular complexity index is 850. The molecule has 0 saturated heterocycles. The van der Waals surface area contributed by atoms with E-state index >= 15 is 0 Å². The van der Waals surface area contributed by atoms with Crippen molar-refractivity contribution in [3.8, 4) is 17.2 Å². The topological polar surface area (TPSA) is 56.8 Å². The van der Waals surface area contributed by atoms with Gasteiger partial charge in [-0.15, -0.1) is 13.2 Å². The number of aryl methyl sites for hydroxylation is 1. The molecule has 2 aromatic carbocycles. The number of nitrogens with one attached hydrogen (secondary N) is 1. The molecule has 0 radical (unpaired) electrons. The first kappa shape index (κ1) is 23.2. The predicted octanol–water partition coefficient (Wildman–Crippen LogP) is 5.11. The second-order valence-electron chi connectivity index (χ2n) is 6.01. The number of halogens is 6. The van der Waals surface area contributed by atoms with E-state index in [9.17, 15) is 31.1 Å². The molecule has 0 bridgehead atoms. The third-order valence-electron chi connectivity index (χ3n) is 3.63. The summed E-state index contributed by atoms with van der Waals surface area (Å²) in [7, 11) is 1.28. The lowest BCUT2D eigenvalue weighted by Crippen LogP contribution is -2.19. The summed E-state index contributed by atoms with van der Waals surface area (Å²) in [5.74, 6) is -0.808. The molecule has 0 spiro atoms. The molecule has 0 unspecified atom stereocenters. The van der Waals surface area contributed by atoms with Crippen LogP contribution in [0.2, 0.25) is 0 Å². The van der Waals surface area contributed by atoms with E-state index in [1.165, 1.54) is 37.4 Å². The van der Waals surface area contributed by atoms with E-state index < -0.39 is 30.8 Å². The molecule has 164 valence electrons. The molecule has 2 aromatic rings. The number of ether oxygens (including phenoxy) is 3. The summed E-state index contributed by atoms with van der Waals surface area (Å²) < 4.78 is 86.6. The molecule has 0 atom stereocenters. The molecular weight excluding hydrogens is 420 g/mol. The number of alkyl halides is 6. The number of carbonyl (C=O) groups excluding carboxylic acids is 1. The Morgan fingerprint density at radius 3 is 2.20 bits per heavy atom. The first-order valence-electron chi connectivity index (χ1n) is 8.47. The second-order valence-corrected chi connectivity index (χ2v) is 6.01. The van der Waals surface area contributed by atoms with Gasteiger partial charge in [0.25, 0.3) is 0 Å². The largest absolute Gasteiger partial charge is 0.573 e. The van der Waals surface area contributed by atoms with Crippen LogP contribution in [0.15, 0.2) is 42.5 Å². The Morgan fingerprint density at radius 2 is 1.63 bits per heavy atom. The molecule has 0 aromatic heterocycles. The van der Waals surface area contributed by atoms with E-state index in [0.29, 0.717) is 5.56 Å². The van der Waals surface area contributed by atoms with Gasteiger partial charge in [0.2, 0.25) is 5.91 Å². The van der Waals surface area contributed by atoms with Crippen LogP contribution >= 0.6 is 0 Å². The van der Waals surface area contributed by atoms with E-state index in [2.05, 4.69) is 14.8 Å². The van der Waals surface area contributed by atoms with Crippen LogP contribution in [0.4, 0.5) is 32.0 Å². The number of benzene rings is 2. The highest BCUT2D eigenvalue weighted by molar-refractivity contribution is 5.90. The fourth-order valence-corrected chi connectivity index (χ4v) is 2.37. The van der Waals surface area contributed by atoms with Crippen LogP contribution in [0.5, 0.6) is 17.2 Å². The average Bonchev–Trinajstić information content (AvgIpc) is 2.64. The third-order valence-corrected chi connectivity index (χ3v) is 3.63. The highest BCUT2D eigenvalue weighted by Gasteiger charge is 2.31. The van der Waals surface area contributed by atoms with Crippen LogP contribution in [0.3, 0.4) is 0 Å².